The maximum atomic E-state index is 13.4. The molecule has 3 aromatic rings. The highest BCUT2D eigenvalue weighted by atomic mass is 35.5. The highest BCUT2D eigenvalue weighted by molar-refractivity contribution is 6.28. The van der Waals surface area contributed by atoms with E-state index in [0.29, 0.717) is 5.56 Å². The molecule has 4 heterocycles. The number of amidine groups is 1. The molecule has 0 bridgehead atoms. The SMILES string of the molecule is CCOC(=O)C(Cc1ccc(OC(F)(F)F)cc1)(OC[C@H]1O[C@@H](n2cnc3c(N)nc(Cl)nc32)[C@H](O)[C@@H]1O)C1=NCN=N1. The molecule has 0 radical (unpaired) electrons. The van der Waals surface area contributed by atoms with E-state index >= 15 is 0 Å². The third-order valence-electron chi connectivity index (χ3n) is 6.55. The zero-order chi connectivity index (χ0) is 30.9. The predicted molar refractivity (Wildman–Crippen MR) is 140 cm³/mol. The van der Waals surface area contributed by atoms with E-state index < -0.39 is 54.8 Å². The number of nitrogen functional groups attached to an aromatic ring is 1. The van der Waals surface area contributed by atoms with Gasteiger partial charge in [-0.1, -0.05) is 12.1 Å². The number of aliphatic imine (C=N–C) groups is 1. The number of hydrogen-bond donors (Lipinski definition) is 3. The molecule has 1 saturated heterocycles. The number of ether oxygens (including phenoxy) is 4. The van der Waals surface area contributed by atoms with E-state index in [-0.39, 0.29) is 47.8 Å². The van der Waals surface area contributed by atoms with Crippen LogP contribution in [0.1, 0.15) is 18.7 Å². The van der Waals surface area contributed by atoms with Crippen molar-refractivity contribution in [3.05, 3.63) is 41.4 Å². The lowest BCUT2D eigenvalue weighted by Crippen LogP contribution is -2.53. The van der Waals surface area contributed by atoms with Crippen molar-refractivity contribution in [3.8, 4) is 5.75 Å². The summed E-state index contributed by atoms with van der Waals surface area (Å²) in [5.74, 6) is -1.56. The van der Waals surface area contributed by atoms with Crippen molar-refractivity contribution in [2.75, 3.05) is 25.6 Å². The van der Waals surface area contributed by atoms with E-state index in [1.165, 1.54) is 23.0 Å². The molecule has 19 heteroatoms. The summed E-state index contributed by atoms with van der Waals surface area (Å²) in [6, 6.07) is 4.74. The highest BCUT2D eigenvalue weighted by Gasteiger charge is 2.51. The van der Waals surface area contributed by atoms with Gasteiger partial charge in [0.2, 0.25) is 10.9 Å². The number of anilines is 1. The van der Waals surface area contributed by atoms with Crippen LogP contribution in [0.3, 0.4) is 0 Å². The molecule has 2 aliphatic heterocycles. The Hall–Kier alpha value is -3.97. The van der Waals surface area contributed by atoms with Gasteiger partial charge in [-0.25, -0.2) is 14.8 Å². The average molecular weight is 629 g/mol. The number of imidazole rings is 1. The number of aromatic nitrogens is 4. The van der Waals surface area contributed by atoms with E-state index in [0.717, 1.165) is 12.1 Å². The summed E-state index contributed by atoms with van der Waals surface area (Å²) in [5, 5.41) is 29.2. The molecular weight excluding hydrogens is 605 g/mol. The van der Waals surface area contributed by atoms with E-state index in [4.69, 9.17) is 31.5 Å². The topological polar surface area (TPSA) is 201 Å². The molecule has 0 amide bonds. The van der Waals surface area contributed by atoms with Crippen LogP contribution in [0.5, 0.6) is 5.75 Å². The lowest BCUT2D eigenvalue weighted by Gasteiger charge is -2.31. The van der Waals surface area contributed by atoms with Gasteiger partial charge in [0.15, 0.2) is 30.2 Å². The zero-order valence-electron chi connectivity index (χ0n) is 22.2. The second-order valence-electron chi connectivity index (χ2n) is 9.34. The summed E-state index contributed by atoms with van der Waals surface area (Å²) in [6.07, 6.45) is -9.39. The quantitative estimate of drug-likeness (QED) is 0.219. The third-order valence-corrected chi connectivity index (χ3v) is 6.72. The standard InChI is InChI=1S/C24H24ClF3N8O7/c1-2-40-21(39)23(20-30-9-32-35-20,7-11-3-5-12(6-4-11)43-24(26,27)28)41-8-13-15(37)16(38)19(42-13)36-10-31-14-17(29)33-22(25)34-18(14)36/h3-6,10,13,15-16,19,37-38H,2,7-9H2,1H3,(H2,29,33,34)/t13-,15-,16-,19-,23?/m1/s1. The molecule has 1 fully saturated rings. The van der Waals surface area contributed by atoms with Crippen LogP contribution in [0.15, 0.2) is 45.8 Å². The maximum absolute atomic E-state index is 13.4. The van der Waals surface area contributed by atoms with Crippen molar-refractivity contribution in [1.29, 1.82) is 0 Å². The fourth-order valence-corrected chi connectivity index (χ4v) is 4.79. The Kier molecular flexibility index (Phi) is 8.48. The van der Waals surface area contributed by atoms with Crippen molar-refractivity contribution in [3.63, 3.8) is 0 Å². The van der Waals surface area contributed by atoms with Crippen LogP contribution in [0.2, 0.25) is 5.28 Å². The molecule has 0 saturated carbocycles. The van der Waals surface area contributed by atoms with Gasteiger partial charge in [0.1, 0.15) is 29.6 Å². The molecule has 4 N–H and O–H groups in total. The highest BCUT2D eigenvalue weighted by Crippen LogP contribution is 2.35. The number of fused-ring (bicyclic) bond motifs is 1. The Balaban J connectivity index is 1.42. The number of benzene rings is 1. The minimum Gasteiger partial charge on any atom is -0.463 e. The van der Waals surface area contributed by atoms with Gasteiger partial charge in [-0.2, -0.15) is 15.1 Å². The Morgan fingerprint density at radius 3 is 2.60 bits per heavy atom. The maximum Gasteiger partial charge on any atom is 0.573 e. The number of nitrogens with zero attached hydrogens (tertiary/aromatic N) is 7. The molecule has 0 aliphatic carbocycles. The first kappa shape index (κ1) is 30.5. The molecule has 5 atom stereocenters. The number of esters is 1. The number of rotatable bonds is 10. The monoisotopic (exact) mass is 628 g/mol. The van der Waals surface area contributed by atoms with Gasteiger partial charge in [-0.05, 0) is 36.2 Å². The van der Waals surface area contributed by atoms with Gasteiger partial charge in [-0.3, -0.25) is 4.57 Å². The summed E-state index contributed by atoms with van der Waals surface area (Å²) in [7, 11) is 0. The average Bonchev–Trinajstić information content (AvgIpc) is 3.68. The second-order valence-corrected chi connectivity index (χ2v) is 9.68. The van der Waals surface area contributed by atoms with Gasteiger partial charge < -0.3 is 34.9 Å². The first-order valence-corrected chi connectivity index (χ1v) is 13.0. The summed E-state index contributed by atoms with van der Waals surface area (Å²) >= 11 is 5.93. The molecular formula is C24H24ClF3N8O7. The lowest BCUT2D eigenvalue weighted by molar-refractivity contribution is -0.274. The van der Waals surface area contributed by atoms with Crippen molar-refractivity contribution in [1.82, 2.24) is 19.5 Å². The molecule has 230 valence electrons. The lowest BCUT2D eigenvalue weighted by atomic mass is 9.92. The van der Waals surface area contributed by atoms with Gasteiger partial charge in [0, 0.05) is 6.42 Å². The number of carbonyl (C=O) groups excluding carboxylic acids is 1. The van der Waals surface area contributed by atoms with Gasteiger partial charge >= 0.3 is 12.3 Å². The Bertz CT molecular complexity index is 1550. The van der Waals surface area contributed by atoms with Crippen LogP contribution in [-0.2, 0) is 25.4 Å². The minimum absolute atomic E-state index is 0.00890. The minimum atomic E-state index is -4.89. The second kappa shape index (κ2) is 12.0. The molecule has 5 rings (SSSR count). The molecule has 2 aromatic heterocycles. The predicted octanol–water partition coefficient (Wildman–Crippen LogP) is 1.96. The summed E-state index contributed by atoms with van der Waals surface area (Å²) in [6.45, 7) is 0.898. The largest absolute Gasteiger partial charge is 0.573 e. The van der Waals surface area contributed by atoms with E-state index in [1.54, 1.807) is 6.92 Å². The number of azo groups is 1. The van der Waals surface area contributed by atoms with Gasteiger partial charge in [-0.15, -0.1) is 18.3 Å². The number of halogens is 4. The Morgan fingerprint density at radius 1 is 1.21 bits per heavy atom. The number of aliphatic hydroxyl groups excluding tert-OH is 2. The van der Waals surface area contributed by atoms with E-state index in [2.05, 4.69) is 34.9 Å². The molecule has 1 unspecified atom stereocenters. The van der Waals surface area contributed by atoms with Crippen LogP contribution >= 0.6 is 11.6 Å². The Labute approximate surface area is 245 Å². The molecule has 1 aromatic carbocycles. The molecule has 2 aliphatic rings. The van der Waals surface area contributed by atoms with Crippen LogP contribution < -0.4 is 10.5 Å². The Morgan fingerprint density at radius 2 is 1.95 bits per heavy atom. The van der Waals surface area contributed by atoms with Crippen molar-refractivity contribution >= 4 is 40.4 Å². The molecule has 43 heavy (non-hydrogen) atoms. The van der Waals surface area contributed by atoms with Crippen molar-refractivity contribution in [2.45, 2.75) is 49.8 Å². The number of nitrogens with two attached hydrogens (primary N) is 1. The van der Waals surface area contributed by atoms with E-state index in [9.17, 15) is 28.2 Å². The molecule has 15 nitrogen and oxygen atoms in total. The third kappa shape index (κ3) is 6.23. The number of carbonyl (C=O) groups is 1. The summed E-state index contributed by atoms with van der Waals surface area (Å²) in [4.78, 5) is 29.6. The van der Waals surface area contributed by atoms with Crippen molar-refractivity contribution in [2.24, 2.45) is 15.2 Å². The fraction of sp³-hybridized carbons (Fsp3) is 0.458. The van der Waals surface area contributed by atoms with Crippen LogP contribution in [-0.4, -0.2) is 91.7 Å². The molecule has 0 spiro atoms. The number of aliphatic hydroxyl groups is 2. The van der Waals surface area contributed by atoms with E-state index in [1.807, 2.05) is 0 Å². The summed E-state index contributed by atoms with van der Waals surface area (Å²) in [5.41, 5.74) is 4.45. The number of hydrogen-bond acceptors (Lipinski definition) is 14. The first-order chi connectivity index (χ1) is 20.4. The smallest absolute Gasteiger partial charge is 0.463 e. The van der Waals surface area contributed by atoms with Crippen molar-refractivity contribution < 1.29 is 47.1 Å². The summed E-state index contributed by atoms with van der Waals surface area (Å²) < 4.78 is 60.4. The van der Waals surface area contributed by atoms with Crippen LogP contribution in [0.4, 0.5) is 19.0 Å². The fourth-order valence-electron chi connectivity index (χ4n) is 4.62. The van der Waals surface area contributed by atoms with Crippen LogP contribution in [0.25, 0.3) is 11.2 Å². The van der Waals surface area contributed by atoms with Crippen LogP contribution in [0, 0.1) is 0 Å². The first-order valence-electron chi connectivity index (χ1n) is 12.7. The van der Waals surface area contributed by atoms with Gasteiger partial charge in [0.25, 0.3) is 0 Å². The normalized spacial score (nSPS) is 23.4. The van der Waals surface area contributed by atoms with Gasteiger partial charge in [0.05, 0.1) is 19.5 Å². The zero-order valence-corrected chi connectivity index (χ0v) is 22.9. The number of alkyl halides is 3.